The molecule has 0 spiro atoms. The first-order chi connectivity index (χ1) is 14.1. The van der Waals surface area contributed by atoms with Crippen molar-refractivity contribution >= 4 is 28.8 Å². The van der Waals surface area contributed by atoms with Crippen LogP contribution in [0.1, 0.15) is 20.8 Å². The lowest BCUT2D eigenvalue weighted by Gasteiger charge is -2.09. The largest absolute Gasteiger partial charge is 0.496 e. The lowest BCUT2D eigenvalue weighted by Crippen LogP contribution is -2.13. The number of hydrogen-bond donors (Lipinski definition) is 2. The lowest BCUT2D eigenvalue weighted by atomic mass is 10.0. The van der Waals surface area contributed by atoms with Crippen molar-refractivity contribution in [3.05, 3.63) is 83.8 Å². The van der Waals surface area contributed by atoms with Gasteiger partial charge in [-0.3, -0.25) is 9.59 Å². The summed E-state index contributed by atoms with van der Waals surface area (Å²) in [5, 5.41) is 3.41. The Labute approximate surface area is 166 Å². The summed E-state index contributed by atoms with van der Waals surface area (Å²) in [6.45, 7) is 0. The summed E-state index contributed by atoms with van der Waals surface area (Å²) >= 11 is 0. The number of carbonyl (C=O) groups excluding carboxylic acids is 2. The van der Waals surface area contributed by atoms with Crippen molar-refractivity contribution in [2.45, 2.75) is 0 Å². The second kappa shape index (κ2) is 7.59. The van der Waals surface area contributed by atoms with Gasteiger partial charge in [0.25, 0.3) is 5.91 Å². The van der Waals surface area contributed by atoms with Crippen LogP contribution in [0.3, 0.4) is 0 Å². The van der Waals surface area contributed by atoms with Gasteiger partial charge in [0.15, 0.2) is 6.29 Å². The number of amides is 1. The molecule has 1 amide bonds. The average molecular weight is 388 g/mol. The number of fused-ring (bicyclic) bond motifs is 1. The van der Waals surface area contributed by atoms with Gasteiger partial charge in [-0.1, -0.05) is 30.3 Å². The number of aldehydes is 1. The summed E-state index contributed by atoms with van der Waals surface area (Å²) in [6, 6.07) is 18.5. The highest BCUT2D eigenvalue weighted by Gasteiger charge is 2.20. The minimum atomic E-state index is -0.400. The standard InChI is InChI=1S/C23H17FN2O3/c1-29-20-10-8-17(11-15(20)13-27)25-23(28)22-21(14-5-3-2-4-6-14)18-12-16(24)7-9-19(18)26-22/h2-13,26H,1H3,(H,25,28). The SMILES string of the molecule is COc1ccc(NC(=O)c2[nH]c3ccc(F)cc3c2-c2ccccc2)cc1C=O. The zero-order chi connectivity index (χ0) is 20.4. The number of aromatic nitrogens is 1. The summed E-state index contributed by atoms with van der Waals surface area (Å²) in [5.41, 5.74) is 3.13. The van der Waals surface area contributed by atoms with Crippen molar-refractivity contribution < 1.29 is 18.7 Å². The van der Waals surface area contributed by atoms with Crippen molar-refractivity contribution in [1.29, 1.82) is 0 Å². The summed E-state index contributed by atoms with van der Waals surface area (Å²) in [5.74, 6) is -0.363. The molecule has 0 atom stereocenters. The van der Waals surface area contributed by atoms with Crippen molar-refractivity contribution in [3.63, 3.8) is 0 Å². The Morgan fingerprint density at radius 2 is 1.86 bits per heavy atom. The minimum Gasteiger partial charge on any atom is -0.496 e. The maximum atomic E-state index is 13.9. The van der Waals surface area contributed by atoms with Gasteiger partial charge in [0.05, 0.1) is 12.7 Å². The zero-order valence-electron chi connectivity index (χ0n) is 15.5. The van der Waals surface area contributed by atoms with Crippen molar-refractivity contribution in [2.75, 3.05) is 12.4 Å². The monoisotopic (exact) mass is 388 g/mol. The fraction of sp³-hybridized carbons (Fsp3) is 0.0435. The second-order valence-corrected chi connectivity index (χ2v) is 6.46. The zero-order valence-corrected chi connectivity index (χ0v) is 15.5. The first-order valence-corrected chi connectivity index (χ1v) is 8.92. The van der Waals surface area contributed by atoms with Gasteiger partial charge >= 0.3 is 0 Å². The van der Waals surface area contributed by atoms with Gasteiger partial charge in [-0.15, -0.1) is 0 Å². The van der Waals surface area contributed by atoms with Crippen LogP contribution < -0.4 is 10.1 Å². The third-order valence-electron chi connectivity index (χ3n) is 4.66. The molecule has 0 aliphatic heterocycles. The molecule has 0 saturated carbocycles. The summed E-state index contributed by atoms with van der Waals surface area (Å²) in [4.78, 5) is 27.4. The number of carbonyl (C=O) groups is 2. The second-order valence-electron chi connectivity index (χ2n) is 6.46. The number of benzene rings is 3. The highest BCUT2D eigenvalue weighted by molar-refractivity contribution is 6.14. The number of rotatable bonds is 5. The quantitative estimate of drug-likeness (QED) is 0.470. The van der Waals surface area contributed by atoms with Crippen LogP contribution >= 0.6 is 0 Å². The topological polar surface area (TPSA) is 71.2 Å². The van der Waals surface area contributed by atoms with Crippen LogP contribution in [-0.4, -0.2) is 24.3 Å². The number of ether oxygens (including phenoxy) is 1. The molecule has 144 valence electrons. The molecule has 5 nitrogen and oxygen atoms in total. The molecule has 0 aliphatic carbocycles. The molecule has 0 bridgehead atoms. The number of nitrogens with one attached hydrogen (secondary N) is 2. The molecular formula is C23H17FN2O3. The number of methoxy groups -OCH3 is 1. The van der Waals surface area contributed by atoms with Crippen molar-refractivity contribution in [3.8, 4) is 16.9 Å². The Morgan fingerprint density at radius 3 is 2.59 bits per heavy atom. The summed E-state index contributed by atoms with van der Waals surface area (Å²) in [6.07, 6.45) is 0.662. The van der Waals surface area contributed by atoms with E-state index >= 15 is 0 Å². The van der Waals surface area contributed by atoms with E-state index in [2.05, 4.69) is 10.3 Å². The molecule has 0 radical (unpaired) electrons. The molecule has 4 aromatic rings. The molecule has 0 aliphatic rings. The summed E-state index contributed by atoms with van der Waals surface area (Å²) < 4.78 is 19.0. The number of halogens is 1. The molecule has 29 heavy (non-hydrogen) atoms. The molecule has 3 aromatic carbocycles. The van der Waals surface area contributed by atoms with Gasteiger partial charge in [0.2, 0.25) is 0 Å². The van der Waals surface area contributed by atoms with Gasteiger partial charge in [-0.25, -0.2) is 4.39 Å². The smallest absolute Gasteiger partial charge is 0.272 e. The lowest BCUT2D eigenvalue weighted by molar-refractivity contribution is 0.102. The van der Waals surface area contributed by atoms with Gasteiger partial charge < -0.3 is 15.0 Å². The van der Waals surface area contributed by atoms with Gasteiger partial charge in [0, 0.05) is 22.2 Å². The minimum absolute atomic E-state index is 0.306. The van der Waals surface area contributed by atoms with E-state index in [1.165, 1.54) is 25.3 Å². The Balaban J connectivity index is 1.79. The van der Waals surface area contributed by atoms with Crippen LogP contribution in [0, 0.1) is 5.82 Å². The first kappa shape index (κ1) is 18.4. The number of H-pyrrole nitrogens is 1. The first-order valence-electron chi connectivity index (χ1n) is 8.92. The Morgan fingerprint density at radius 1 is 1.07 bits per heavy atom. The molecule has 6 heteroatoms. The molecule has 0 saturated heterocycles. The van der Waals surface area contributed by atoms with Crippen LogP contribution in [0.15, 0.2) is 66.7 Å². The van der Waals surface area contributed by atoms with Gasteiger partial charge in [-0.05, 0) is 42.0 Å². The normalized spacial score (nSPS) is 10.7. The third kappa shape index (κ3) is 3.48. The number of aromatic amines is 1. The summed E-state index contributed by atoms with van der Waals surface area (Å²) in [7, 11) is 1.47. The van der Waals surface area contributed by atoms with E-state index in [1.807, 2.05) is 30.3 Å². The maximum absolute atomic E-state index is 13.9. The van der Waals surface area contributed by atoms with E-state index in [-0.39, 0.29) is 5.82 Å². The van der Waals surface area contributed by atoms with E-state index in [0.29, 0.717) is 45.4 Å². The van der Waals surface area contributed by atoms with Crippen LogP contribution in [-0.2, 0) is 0 Å². The van der Waals surface area contributed by atoms with Gasteiger partial charge in [-0.2, -0.15) is 0 Å². The Kier molecular flexibility index (Phi) is 4.83. The third-order valence-corrected chi connectivity index (χ3v) is 4.66. The van der Waals surface area contributed by atoms with Gasteiger partial charge in [0.1, 0.15) is 17.3 Å². The molecule has 2 N–H and O–H groups in total. The molecule has 0 unspecified atom stereocenters. The van der Waals surface area contributed by atoms with E-state index in [9.17, 15) is 14.0 Å². The average Bonchev–Trinajstić information content (AvgIpc) is 3.13. The molecular weight excluding hydrogens is 371 g/mol. The predicted octanol–water partition coefficient (Wildman–Crippen LogP) is 5.05. The highest BCUT2D eigenvalue weighted by Crippen LogP contribution is 2.33. The van der Waals surface area contributed by atoms with Crippen molar-refractivity contribution in [1.82, 2.24) is 4.98 Å². The Bertz CT molecular complexity index is 1220. The molecule has 1 aromatic heterocycles. The molecule has 4 rings (SSSR count). The fourth-order valence-electron chi connectivity index (χ4n) is 3.34. The van der Waals surface area contributed by atoms with Crippen molar-refractivity contribution in [2.24, 2.45) is 0 Å². The Hall–Kier alpha value is -3.93. The molecule has 1 heterocycles. The van der Waals surface area contributed by atoms with E-state index in [4.69, 9.17) is 4.74 Å². The van der Waals surface area contributed by atoms with E-state index in [1.54, 1.807) is 18.2 Å². The highest BCUT2D eigenvalue weighted by atomic mass is 19.1. The van der Waals surface area contributed by atoms with Crippen LogP contribution in [0.25, 0.3) is 22.0 Å². The number of anilines is 1. The van der Waals surface area contributed by atoms with E-state index in [0.717, 1.165) is 5.56 Å². The number of hydrogen-bond acceptors (Lipinski definition) is 3. The van der Waals surface area contributed by atoms with Crippen LogP contribution in [0.5, 0.6) is 5.75 Å². The fourth-order valence-corrected chi connectivity index (χ4v) is 3.34. The van der Waals surface area contributed by atoms with Crippen LogP contribution in [0.2, 0.25) is 0 Å². The predicted molar refractivity (Wildman–Crippen MR) is 110 cm³/mol. The van der Waals surface area contributed by atoms with Crippen LogP contribution in [0.4, 0.5) is 10.1 Å². The van der Waals surface area contributed by atoms with E-state index < -0.39 is 5.91 Å². The molecule has 0 fully saturated rings. The maximum Gasteiger partial charge on any atom is 0.272 e.